The maximum absolute atomic E-state index is 12.7. The van der Waals surface area contributed by atoms with Crippen molar-refractivity contribution in [1.29, 1.82) is 0 Å². The first-order chi connectivity index (χ1) is 10.8. The zero-order chi connectivity index (χ0) is 17.5. The van der Waals surface area contributed by atoms with Gasteiger partial charge in [-0.3, -0.25) is 9.59 Å². The van der Waals surface area contributed by atoms with Gasteiger partial charge in [-0.2, -0.15) is 0 Å². The van der Waals surface area contributed by atoms with Gasteiger partial charge in [0, 0.05) is 24.7 Å². The first-order valence-corrected chi connectivity index (χ1v) is 8.52. The molecular weight excluding hydrogens is 312 g/mol. The van der Waals surface area contributed by atoms with Gasteiger partial charge in [-0.05, 0) is 44.4 Å². The number of benzene rings is 1. The smallest absolute Gasteiger partial charge is 0.237 e. The Balaban J connectivity index is 2.70. The van der Waals surface area contributed by atoms with E-state index in [-0.39, 0.29) is 11.8 Å². The number of amides is 2. The SMILES string of the molecule is CCCN(CCC)C(=O)C(C)(C)C(=O)NCc1ccc(Cl)cc1. The van der Waals surface area contributed by atoms with Crippen molar-refractivity contribution in [2.45, 2.75) is 47.1 Å². The molecule has 0 aliphatic rings. The topological polar surface area (TPSA) is 49.4 Å². The second-order valence-corrected chi connectivity index (χ2v) is 6.66. The van der Waals surface area contributed by atoms with E-state index in [2.05, 4.69) is 5.32 Å². The van der Waals surface area contributed by atoms with Crippen molar-refractivity contribution in [2.75, 3.05) is 13.1 Å². The van der Waals surface area contributed by atoms with Crippen LogP contribution in [0.1, 0.15) is 46.1 Å². The van der Waals surface area contributed by atoms with E-state index in [0.717, 1.165) is 18.4 Å². The van der Waals surface area contributed by atoms with E-state index >= 15 is 0 Å². The van der Waals surface area contributed by atoms with Crippen LogP contribution in [0.4, 0.5) is 0 Å². The molecule has 0 atom stereocenters. The minimum atomic E-state index is -1.07. The Morgan fingerprint density at radius 3 is 2.09 bits per heavy atom. The molecule has 0 heterocycles. The highest BCUT2D eigenvalue weighted by molar-refractivity contribution is 6.30. The largest absolute Gasteiger partial charge is 0.351 e. The number of hydrogen-bond acceptors (Lipinski definition) is 2. The second-order valence-electron chi connectivity index (χ2n) is 6.23. The molecule has 0 saturated heterocycles. The summed E-state index contributed by atoms with van der Waals surface area (Å²) >= 11 is 5.85. The van der Waals surface area contributed by atoms with E-state index < -0.39 is 5.41 Å². The van der Waals surface area contributed by atoms with Crippen LogP contribution >= 0.6 is 11.6 Å². The summed E-state index contributed by atoms with van der Waals surface area (Å²) in [5.41, 5.74) is -0.124. The highest BCUT2D eigenvalue weighted by atomic mass is 35.5. The first-order valence-electron chi connectivity index (χ1n) is 8.15. The Kier molecular flexibility index (Phi) is 7.56. The molecule has 23 heavy (non-hydrogen) atoms. The molecule has 0 aliphatic carbocycles. The van der Waals surface area contributed by atoms with Gasteiger partial charge in [0.2, 0.25) is 11.8 Å². The summed E-state index contributed by atoms with van der Waals surface area (Å²) in [5.74, 6) is -0.371. The summed E-state index contributed by atoms with van der Waals surface area (Å²) in [6, 6.07) is 7.28. The van der Waals surface area contributed by atoms with Crippen molar-refractivity contribution >= 4 is 23.4 Å². The summed E-state index contributed by atoms with van der Waals surface area (Å²) < 4.78 is 0. The number of hydrogen-bond donors (Lipinski definition) is 1. The fourth-order valence-corrected chi connectivity index (χ4v) is 2.48. The molecule has 1 N–H and O–H groups in total. The van der Waals surface area contributed by atoms with Crippen LogP contribution in [0.15, 0.2) is 24.3 Å². The predicted molar refractivity (Wildman–Crippen MR) is 94.2 cm³/mol. The zero-order valence-corrected chi connectivity index (χ0v) is 15.2. The van der Waals surface area contributed by atoms with E-state index in [9.17, 15) is 9.59 Å². The third kappa shape index (κ3) is 5.54. The average molecular weight is 339 g/mol. The average Bonchev–Trinajstić information content (AvgIpc) is 2.53. The Hall–Kier alpha value is -1.55. The summed E-state index contributed by atoms with van der Waals surface area (Å²) in [6.07, 6.45) is 1.77. The molecule has 1 aromatic rings. The van der Waals surface area contributed by atoms with Crippen LogP contribution in [0.5, 0.6) is 0 Å². The van der Waals surface area contributed by atoms with Gasteiger partial charge in [-0.1, -0.05) is 37.6 Å². The molecule has 0 bridgehead atoms. The molecule has 5 heteroatoms. The monoisotopic (exact) mass is 338 g/mol. The van der Waals surface area contributed by atoms with Crippen LogP contribution in [-0.2, 0) is 16.1 Å². The molecular formula is C18H27ClN2O2. The van der Waals surface area contributed by atoms with Gasteiger partial charge < -0.3 is 10.2 Å². The highest BCUT2D eigenvalue weighted by Gasteiger charge is 2.38. The highest BCUT2D eigenvalue weighted by Crippen LogP contribution is 2.20. The minimum absolute atomic E-state index is 0.116. The van der Waals surface area contributed by atoms with Crippen molar-refractivity contribution in [1.82, 2.24) is 10.2 Å². The normalized spacial score (nSPS) is 11.2. The van der Waals surface area contributed by atoms with Gasteiger partial charge in [-0.15, -0.1) is 0 Å². The van der Waals surface area contributed by atoms with E-state index in [1.165, 1.54) is 0 Å². The van der Waals surface area contributed by atoms with E-state index in [4.69, 9.17) is 11.6 Å². The van der Waals surface area contributed by atoms with Crippen molar-refractivity contribution in [3.63, 3.8) is 0 Å². The molecule has 0 unspecified atom stereocenters. The fourth-order valence-electron chi connectivity index (χ4n) is 2.35. The fraction of sp³-hybridized carbons (Fsp3) is 0.556. The third-order valence-electron chi connectivity index (χ3n) is 3.74. The van der Waals surface area contributed by atoms with Gasteiger partial charge in [0.15, 0.2) is 0 Å². The summed E-state index contributed by atoms with van der Waals surface area (Å²) in [4.78, 5) is 26.9. The molecule has 0 aromatic heterocycles. The molecule has 0 radical (unpaired) electrons. The molecule has 1 aromatic carbocycles. The van der Waals surface area contributed by atoms with Crippen molar-refractivity contribution in [2.24, 2.45) is 5.41 Å². The Morgan fingerprint density at radius 1 is 1.09 bits per heavy atom. The molecule has 4 nitrogen and oxygen atoms in total. The van der Waals surface area contributed by atoms with Crippen LogP contribution in [0.2, 0.25) is 5.02 Å². The van der Waals surface area contributed by atoms with Crippen molar-refractivity contribution in [3.05, 3.63) is 34.9 Å². The van der Waals surface area contributed by atoms with Crippen molar-refractivity contribution < 1.29 is 9.59 Å². The number of halogens is 1. The van der Waals surface area contributed by atoms with Crippen LogP contribution < -0.4 is 5.32 Å². The number of rotatable bonds is 8. The van der Waals surface area contributed by atoms with Crippen molar-refractivity contribution in [3.8, 4) is 0 Å². The predicted octanol–water partition coefficient (Wildman–Crippen LogP) is 3.63. The summed E-state index contributed by atoms with van der Waals surface area (Å²) in [5, 5.41) is 3.51. The molecule has 0 spiro atoms. The second kappa shape index (κ2) is 8.92. The van der Waals surface area contributed by atoms with Crippen LogP contribution in [0, 0.1) is 5.41 Å². The lowest BCUT2D eigenvalue weighted by Gasteiger charge is -2.30. The summed E-state index contributed by atoms with van der Waals surface area (Å²) in [7, 11) is 0. The number of carbonyl (C=O) groups excluding carboxylic acids is 2. The lowest BCUT2D eigenvalue weighted by atomic mass is 9.90. The van der Waals surface area contributed by atoms with Crippen LogP contribution in [0.25, 0.3) is 0 Å². The van der Waals surface area contributed by atoms with E-state index in [1.807, 2.05) is 26.0 Å². The lowest BCUT2D eigenvalue weighted by molar-refractivity contribution is -0.148. The minimum Gasteiger partial charge on any atom is -0.351 e. The molecule has 128 valence electrons. The molecule has 0 aliphatic heterocycles. The zero-order valence-electron chi connectivity index (χ0n) is 14.5. The van der Waals surface area contributed by atoms with Gasteiger partial charge in [0.25, 0.3) is 0 Å². The maximum atomic E-state index is 12.7. The maximum Gasteiger partial charge on any atom is 0.237 e. The molecule has 0 fully saturated rings. The molecule has 1 rings (SSSR count). The molecule has 2 amide bonds. The standard InChI is InChI=1S/C18H27ClN2O2/c1-5-11-21(12-6-2)17(23)18(3,4)16(22)20-13-14-7-9-15(19)10-8-14/h7-10H,5-6,11-13H2,1-4H3,(H,20,22). The quantitative estimate of drug-likeness (QED) is 0.736. The van der Waals surface area contributed by atoms with E-state index in [1.54, 1.807) is 30.9 Å². The van der Waals surface area contributed by atoms with Gasteiger partial charge in [0.1, 0.15) is 5.41 Å². The third-order valence-corrected chi connectivity index (χ3v) is 3.99. The number of carbonyl (C=O) groups is 2. The Labute approximate surface area is 144 Å². The lowest BCUT2D eigenvalue weighted by Crippen LogP contribution is -2.49. The Bertz CT molecular complexity index is 520. The number of nitrogens with one attached hydrogen (secondary N) is 1. The Morgan fingerprint density at radius 2 is 1.61 bits per heavy atom. The van der Waals surface area contributed by atoms with Crippen LogP contribution in [0.3, 0.4) is 0 Å². The van der Waals surface area contributed by atoms with Gasteiger partial charge in [0.05, 0.1) is 0 Å². The number of nitrogens with zero attached hydrogens (tertiary/aromatic N) is 1. The van der Waals surface area contributed by atoms with Gasteiger partial charge >= 0.3 is 0 Å². The van der Waals surface area contributed by atoms with E-state index in [0.29, 0.717) is 24.7 Å². The molecule has 0 saturated carbocycles. The van der Waals surface area contributed by atoms with Crippen LogP contribution in [-0.4, -0.2) is 29.8 Å². The first kappa shape index (κ1) is 19.5. The summed E-state index contributed by atoms with van der Waals surface area (Å²) in [6.45, 7) is 9.18. The van der Waals surface area contributed by atoms with Gasteiger partial charge in [-0.25, -0.2) is 0 Å².